The molecule has 0 N–H and O–H groups in total. The zero-order chi connectivity index (χ0) is 19.1. The first kappa shape index (κ1) is 17.8. The summed E-state index contributed by atoms with van der Waals surface area (Å²) in [6.07, 6.45) is -6.17. The number of rotatable bonds is 4. The summed E-state index contributed by atoms with van der Waals surface area (Å²) in [5.74, 6) is -9.34. The summed E-state index contributed by atoms with van der Waals surface area (Å²) in [5.41, 5.74) is 0.331. The molecule has 0 amide bonds. The first-order valence-corrected chi connectivity index (χ1v) is 7.27. The van der Waals surface area contributed by atoms with Crippen molar-refractivity contribution in [2.24, 2.45) is 0 Å². The van der Waals surface area contributed by atoms with Crippen LogP contribution in [-0.4, -0.2) is 33.6 Å². The number of alkyl halides is 5. The van der Waals surface area contributed by atoms with Gasteiger partial charge in [0.1, 0.15) is 5.69 Å². The van der Waals surface area contributed by atoms with E-state index in [1.54, 1.807) is 24.3 Å². The SMILES string of the molecule is O=C(CC(=O)C(F)(F)C(F)(F)F)c1ccc2ccc3cccnc3c2n1. The quantitative estimate of drug-likeness (QED) is 0.301. The van der Waals surface area contributed by atoms with Gasteiger partial charge < -0.3 is 0 Å². The lowest BCUT2D eigenvalue weighted by molar-refractivity contribution is -0.268. The minimum absolute atomic E-state index is 0.281. The Hall–Kier alpha value is -2.97. The third kappa shape index (κ3) is 3.00. The predicted molar refractivity (Wildman–Crippen MR) is 82.0 cm³/mol. The Morgan fingerprint density at radius 3 is 2.15 bits per heavy atom. The van der Waals surface area contributed by atoms with Gasteiger partial charge in [0.2, 0.25) is 5.78 Å². The van der Waals surface area contributed by atoms with E-state index in [0.717, 1.165) is 0 Å². The maximum atomic E-state index is 13.0. The number of benzene rings is 1. The van der Waals surface area contributed by atoms with Crippen LogP contribution in [0.5, 0.6) is 0 Å². The van der Waals surface area contributed by atoms with Crippen molar-refractivity contribution >= 4 is 33.4 Å². The number of halogens is 5. The standard InChI is InChI=1S/C17H9F5N2O2/c18-16(19,17(20,21)22)13(26)8-12(25)11-6-5-10-4-3-9-2-1-7-23-14(9)15(10)24-11/h1-7H,8H2. The summed E-state index contributed by atoms with van der Waals surface area (Å²) < 4.78 is 62.6. The Balaban J connectivity index is 1.96. The summed E-state index contributed by atoms with van der Waals surface area (Å²) >= 11 is 0. The molecular weight excluding hydrogens is 359 g/mol. The van der Waals surface area contributed by atoms with Crippen LogP contribution < -0.4 is 0 Å². The average molecular weight is 368 g/mol. The predicted octanol–water partition coefficient (Wildman–Crippen LogP) is 4.12. The Morgan fingerprint density at radius 1 is 0.885 bits per heavy atom. The van der Waals surface area contributed by atoms with E-state index >= 15 is 0 Å². The van der Waals surface area contributed by atoms with Crippen LogP contribution >= 0.6 is 0 Å². The van der Waals surface area contributed by atoms with Crippen LogP contribution in [0, 0.1) is 0 Å². The normalized spacial score (nSPS) is 12.5. The van der Waals surface area contributed by atoms with Crippen molar-refractivity contribution in [2.75, 3.05) is 0 Å². The van der Waals surface area contributed by atoms with Crippen LogP contribution in [0.4, 0.5) is 22.0 Å². The van der Waals surface area contributed by atoms with Crippen LogP contribution in [0.2, 0.25) is 0 Å². The number of hydrogen-bond acceptors (Lipinski definition) is 4. The topological polar surface area (TPSA) is 59.9 Å². The second-order valence-electron chi connectivity index (χ2n) is 5.50. The first-order chi connectivity index (χ1) is 12.1. The molecule has 0 spiro atoms. The molecular formula is C17H9F5N2O2. The van der Waals surface area contributed by atoms with Gasteiger partial charge in [-0.25, -0.2) is 4.98 Å². The number of aromatic nitrogens is 2. The molecule has 0 saturated heterocycles. The average Bonchev–Trinajstić information content (AvgIpc) is 2.60. The third-order valence-electron chi connectivity index (χ3n) is 3.75. The van der Waals surface area contributed by atoms with Crippen molar-refractivity contribution < 1.29 is 31.5 Å². The van der Waals surface area contributed by atoms with E-state index < -0.39 is 30.1 Å². The van der Waals surface area contributed by atoms with Gasteiger partial charge in [0.25, 0.3) is 0 Å². The molecule has 0 bridgehead atoms. The largest absolute Gasteiger partial charge is 0.461 e. The molecule has 26 heavy (non-hydrogen) atoms. The van der Waals surface area contributed by atoms with Gasteiger partial charge >= 0.3 is 12.1 Å². The molecule has 3 aromatic rings. The van der Waals surface area contributed by atoms with E-state index in [2.05, 4.69) is 9.97 Å². The van der Waals surface area contributed by atoms with Gasteiger partial charge in [0, 0.05) is 17.0 Å². The minimum Gasteiger partial charge on any atom is -0.292 e. The maximum absolute atomic E-state index is 13.0. The zero-order valence-electron chi connectivity index (χ0n) is 12.8. The molecule has 0 aliphatic heterocycles. The smallest absolute Gasteiger partial charge is 0.292 e. The van der Waals surface area contributed by atoms with E-state index in [1.165, 1.54) is 18.3 Å². The number of carbonyl (C=O) groups excluding carboxylic acids is 2. The summed E-state index contributed by atoms with van der Waals surface area (Å²) in [4.78, 5) is 31.4. The molecule has 3 rings (SSSR count). The van der Waals surface area contributed by atoms with Gasteiger partial charge in [-0.1, -0.05) is 24.3 Å². The zero-order valence-corrected chi connectivity index (χ0v) is 12.8. The molecule has 0 radical (unpaired) electrons. The number of Topliss-reactive ketones (excluding diaryl/α,β-unsaturated/α-hetero) is 2. The molecule has 0 unspecified atom stereocenters. The summed E-state index contributed by atoms with van der Waals surface area (Å²) in [6, 6.07) is 9.51. The van der Waals surface area contributed by atoms with Crippen molar-refractivity contribution in [1.29, 1.82) is 0 Å². The van der Waals surface area contributed by atoms with Crippen LogP contribution in [0.25, 0.3) is 21.8 Å². The number of hydrogen-bond donors (Lipinski definition) is 0. The molecule has 2 heterocycles. The van der Waals surface area contributed by atoms with E-state index in [9.17, 15) is 31.5 Å². The van der Waals surface area contributed by atoms with Gasteiger partial charge in [0.15, 0.2) is 5.78 Å². The van der Waals surface area contributed by atoms with Crippen molar-refractivity contribution in [3.05, 3.63) is 48.3 Å². The highest BCUT2D eigenvalue weighted by atomic mass is 19.4. The maximum Gasteiger partial charge on any atom is 0.461 e. The Morgan fingerprint density at radius 2 is 1.50 bits per heavy atom. The van der Waals surface area contributed by atoms with E-state index in [0.29, 0.717) is 16.3 Å². The fourth-order valence-corrected chi connectivity index (χ4v) is 2.38. The molecule has 0 atom stereocenters. The lowest BCUT2D eigenvalue weighted by atomic mass is 10.0. The van der Waals surface area contributed by atoms with Crippen LogP contribution in [0.3, 0.4) is 0 Å². The highest BCUT2D eigenvalue weighted by molar-refractivity contribution is 6.11. The molecule has 0 aliphatic carbocycles. The Labute approximate surface area is 142 Å². The molecule has 9 heteroatoms. The van der Waals surface area contributed by atoms with Crippen LogP contribution in [-0.2, 0) is 4.79 Å². The van der Waals surface area contributed by atoms with Crippen LogP contribution in [0.1, 0.15) is 16.9 Å². The number of ketones is 2. The molecule has 134 valence electrons. The lowest BCUT2D eigenvalue weighted by Crippen LogP contribution is -2.44. The first-order valence-electron chi connectivity index (χ1n) is 7.27. The fraction of sp³-hybridized carbons (Fsp3) is 0.176. The molecule has 2 aromatic heterocycles. The van der Waals surface area contributed by atoms with Gasteiger partial charge in [-0.15, -0.1) is 0 Å². The number of pyridine rings is 2. The molecule has 0 aliphatic rings. The summed E-state index contributed by atoms with van der Waals surface area (Å²) in [7, 11) is 0. The number of nitrogens with zero attached hydrogens (tertiary/aromatic N) is 2. The Bertz CT molecular complexity index is 1030. The number of fused-ring (bicyclic) bond motifs is 3. The molecule has 4 nitrogen and oxygen atoms in total. The third-order valence-corrected chi connectivity index (χ3v) is 3.75. The Kier molecular flexibility index (Phi) is 4.17. The monoisotopic (exact) mass is 368 g/mol. The fourth-order valence-electron chi connectivity index (χ4n) is 2.38. The van der Waals surface area contributed by atoms with Gasteiger partial charge in [-0.2, -0.15) is 22.0 Å². The summed E-state index contributed by atoms with van der Waals surface area (Å²) in [5, 5.41) is 1.30. The van der Waals surface area contributed by atoms with E-state index in [1.807, 2.05) is 0 Å². The van der Waals surface area contributed by atoms with E-state index in [4.69, 9.17) is 0 Å². The highest BCUT2D eigenvalue weighted by Gasteiger charge is 2.62. The summed E-state index contributed by atoms with van der Waals surface area (Å²) in [6.45, 7) is 0. The molecule has 0 fully saturated rings. The van der Waals surface area contributed by atoms with Crippen LogP contribution in [0.15, 0.2) is 42.6 Å². The molecule has 0 saturated carbocycles. The van der Waals surface area contributed by atoms with Crippen molar-refractivity contribution in [3.8, 4) is 0 Å². The van der Waals surface area contributed by atoms with Crippen molar-refractivity contribution in [3.63, 3.8) is 0 Å². The number of carbonyl (C=O) groups is 2. The minimum atomic E-state index is -6.05. The van der Waals surface area contributed by atoms with Gasteiger partial charge in [-0.3, -0.25) is 14.6 Å². The molecule has 1 aromatic carbocycles. The van der Waals surface area contributed by atoms with Gasteiger partial charge in [0.05, 0.1) is 17.5 Å². The van der Waals surface area contributed by atoms with Crippen molar-refractivity contribution in [2.45, 2.75) is 18.5 Å². The second kappa shape index (κ2) is 6.08. The lowest BCUT2D eigenvalue weighted by Gasteiger charge is -2.17. The van der Waals surface area contributed by atoms with Gasteiger partial charge in [-0.05, 0) is 12.1 Å². The van der Waals surface area contributed by atoms with E-state index in [-0.39, 0.29) is 11.2 Å². The second-order valence-corrected chi connectivity index (χ2v) is 5.50. The highest BCUT2D eigenvalue weighted by Crippen LogP contribution is 2.37. The van der Waals surface area contributed by atoms with Crippen molar-refractivity contribution in [1.82, 2.24) is 9.97 Å².